The van der Waals surface area contributed by atoms with Crippen LogP contribution in [0, 0.1) is 27.7 Å². The first-order chi connectivity index (χ1) is 13.4. The molecule has 0 aliphatic carbocycles. The van der Waals surface area contributed by atoms with Gasteiger partial charge >= 0.3 is 0 Å². The maximum absolute atomic E-state index is 13.0. The fraction of sp³-hybridized carbons (Fsp3) is 0.400. The summed E-state index contributed by atoms with van der Waals surface area (Å²) in [6, 6.07) is 1.84. The van der Waals surface area contributed by atoms with Crippen molar-refractivity contribution in [3.05, 3.63) is 52.8 Å². The number of likely N-dealkylation sites (tertiary alicyclic amines) is 1. The summed E-state index contributed by atoms with van der Waals surface area (Å²) >= 11 is 0. The molecule has 0 aromatic carbocycles. The van der Waals surface area contributed by atoms with Crippen molar-refractivity contribution in [2.75, 3.05) is 6.54 Å². The molecule has 8 heteroatoms. The van der Waals surface area contributed by atoms with E-state index in [0.29, 0.717) is 23.8 Å². The van der Waals surface area contributed by atoms with Gasteiger partial charge in [0.15, 0.2) is 0 Å². The molecule has 4 rings (SSSR count). The SMILES string of the molecule is Cc1ncc(C(=O)N2CCCC2c2cc(-c3c(C)noc3C)nc(C)n2)cn1. The van der Waals surface area contributed by atoms with Crippen molar-refractivity contribution in [1.82, 2.24) is 30.0 Å². The van der Waals surface area contributed by atoms with Crippen LogP contribution >= 0.6 is 0 Å². The number of carbonyl (C=O) groups is 1. The molecule has 28 heavy (non-hydrogen) atoms. The van der Waals surface area contributed by atoms with Gasteiger partial charge in [-0.3, -0.25) is 4.79 Å². The van der Waals surface area contributed by atoms with Gasteiger partial charge in [-0.25, -0.2) is 19.9 Å². The molecule has 0 saturated carbocycles. The molecule has 8 nitrogen and oxygen atoms in total. The lowest BCUT2D eigenvalue weighted by atomic mass is 10.1. The Labute approximate surface area is 163 Å². The van der Waals surface area contributed by atoms with E-state index in [9.17, 15) is 4.79 Å². The highest BCUT2D eigenvalue weighted by atomic mass is 16.5. The first-order valence-electron chi connectivity index (χ1n) is 9.32. The molecule has 0 N–H and O–H groups in total. The van der Waals surface area contributed by atoms with Crippen molar-refractivity contribution >= 4 is 5.91 Å². The van der Waals surface area contributed by atoms with Crippen molar-refractivity contribution in [3.63, 3.8) is 0 Å². The zero-order valence-corrected chi connectivity index (χ0v) is 16.4. The second-order valence-electron chi connectivity index (χ2n) is 7.10. The molecule has 4 heterocycles. The lowest BCUT2D eigenvalue weighted by Gasteiger charge is -2.24. The third kappa shape index (κ3) is 3.26. The highest BCUT2D eigenvalue weighted by molar-refractivity contribution is 5.94. The molecule has 0 spiro atoms. The molecule has 3 aromatic heterocycles. The van der Waals surface area contributed by atoms with Gasteiger partial charge in [-0.05, 0) is 46.6 Å². The van der Waals surface area contributed by atoms with Crippen LogP contribution in [0.4, 0.5) is 0 Å². The number of aryl methyl sites for hydroxylation is 4. The van der Waals surface area contributed by atoms with Crippen LogP contribution in [-0.2, 0) is 0 Å². The van der Waals surface area contributed by atoms with Crippen molar-refractivity contribution in [3.8, 4) is 11.3 Å². The summed E-state index contributed by atoms with van der Waals surface area (Å²) in [4.78, 5) is 32.4. The fourth-order valence-electron chi connectivity index (χ4n) is 3.72. The van der Waals surface area contributed by atoms with Gasteiger partial charge in [0.05, 0.1) is 34.3 Å². The number of carbonyl (C=O) groups excluding carboxylic acids is 1. The second kappa shape index (κ2) is 7.10. The number of hydrogen-bond donors (Lipinski definition) is 0. The molecular formula is C20H22N6O2. The van der Waals surface area contributed by atoms with E-state index in [1.54, 1.807) is 19.3 Å². The van der Waals surface area contributed by atoms with Crippen LogP contribution in [0.15, 0.2) is 23.0 Å². The number of hydrogen-bond acceptors (Lipinski definition) is 7. The highest BCUT2D eigenvalue weighted by Gasteiger charge is 2.32. The zero-order chi connectivity index (χ0) is 19.8. The minimum Gasteiger partial charge on any atom is -0.361 e. The fourth-order valence-corrected chi connectivity index (χ4v) is 3.72. The summed E-state index contributed by atoms with van der Waals surface area (Å²) in [5.74, 6) is 1.95. The first-order valence-corrected chi connectivity index (χ1v) is 9.32. The van der Waals surface area contributed by atoms with Gasteiger partial charge in [-0.1, -0.05) is 5.16 Å². The third-order valence-corrected chi connectivity index (χ3v) is 5.03. The topological polar surface area (TPSA) is 97.9 Å². The van der Waals surface area contributed by atoms with Crippen molar-refractivity contribution in [2.24, 2.45) is 0 Å². The van der Waals surface area contributed by atoms with E-state index in [1.165, 1.54) is 0 Å². The number of rotatable bonds is 3. The Kier molecular flexibility index (Phi) is 4.62. The van der Waals surface area contributed by atoms with E-state index >= 15 is 0 Å². The largest absolute Gasteiger partial charge is 0.361 e. The third-order valence-electron chi connectivity index (χ3n) is 5.03. The summed E-state index contributed by atoms with van der Waals surface area (Å²) in [5, 5.41) is 4.03. The zero-order valence-electron chi connectivity index (χ0n) is 16.4. The van der Waals surface area contributed by atoms with Crippen LogP contribution in [0.3, 0.4) is 0 Å². The van der Waals surface area contributed by atoms with Gasteiger partial charge in [-0.15, -0.1) is 0 Å². The quantitative estimate of drug-likeness (QED) is 0.690. The van der Waals surface area contributed by atoms with Gasteiger partial charge in [0.2, 0.25) is 0 Å². The van der Waals surface area contributed by atoms with Crippen LogP contribution in [-0.4, -0.2) is 42.4 Å². The summed E-state index contributed by atoms with van der Waals surface area (Å²) in [6.07, 6.45) is 4.95. The number of aromatic nitrogens is 5. The van der Waals surface area contributed by atoms with E-state index in [1.807, 2.05) is 31.7 Å². The first kappa shape index (κ1) is 18.2. The molecule has 1 saturated heterocycles. The predicted octanol–water partition coefficient (Wildman–Crippen LogP) is 3.13. The maximum atomic E-state index is 13.0. The molecule has 0 bridgehead atoms. The predicted molar refractivity (Wildman–Crippen MR) is 102 cm³/mol. The van der Waals surface area contributed by atoms with Gasteiger partial charge in [0.1, 0.15) is 17.4 Å². The number of nitrogens with zero attached hydrogens (tertiary/aromatic N) is 6. The van der Waals surface area contributed by atoms with Crippen molar-refractivity contribution in [1.29, 1.82) is 0 Å². The van der Waals surface area contributed by atoms with Crippen LogP contribution in [0.1, 0.15) is 58.0 Å². The van der Waals surface area contributed by atoms with Gasteiger partial charge in [-0.2, -0.15) is 0 Å². The van der Waals surface area contributed by atoms with E-state index in [-0.39, 0.29) is 11.9 Å². The van der Waals surface area contributed by atoms with E-state index in [2.05, 4.69) is 25.1 Å². The summed E-state index contributed by atoms with van der Waals surface area (Å²) in [7, 11) is 0. The molecule has 144 valence electrons. The van der Waals surface area contributed by atoms with Crippen LogP contribution in [0.2, 0.25) is 0 Å². The molecule has 1 amide bonds. The molecule has 1 unspecified atom stereocenters. The van der Waals surface area contributed by atoms with Crippen LogP contribution in [0.5, 0.6) is 0 Å². The lowest BCUT2D eigenvalue weighted by molar-refractivity contribution is 0.0731. The molecule has 1 fully saturated rings. The van der Waals surface area contributed by atoms with Crippen LogP contribution in [0.25, 0.3) is 11.3 Å². The second-order valence-corrected chi connectivity index (χ2v) is 7.10. The molecular weight excluding hydrogens is 356 g/mol. The van der Waals surface area contributed by atoms with Crippen molar-refractivity contribution < 1.29 is 9.32 Å². The Bertz CT molecular complexity index is 1010. The summed E-state index contributed by atoms with van der Waals surface area (Å²) in [6.45, 7) is 8.11. The Morgan fingerprint density at radius 1 is 1.11 bits per heavy atom. The minimum atomic E-state index is -0.102. The smallest absolute Gasteiger partial charge is 0.257 e. The highest BCUT2D eigenvalue weighted by Crippen LogP contribution is 2.34. The Morgan fingerprint density at radius 3 is 2.54 bits per heavy atom. The minimum absolute atomic E-state index is 0.0716. The van der Waals surface area contributed by atoms with Crippen molar-refractivity contribution in [2.45, 2.75) is 46.6 Å². The average molecular weight is 378 g/mol. The Hall–Kier alpha value is -3.16. The number of amides is 1. The van der Waals surface area contributed by atoms with E-state index in [4.69, 9.17) is 4.52 Å². The normalized spacial score (nSPS) is 16.6. The molecule has 3 aromatic rings. The summed E-state index contributed by atoms with van der Waals surface area (Å²) < 4.78 is 5.29. The summed E-state index contributed by atoms with van der Waals surface area (Å²) in [5.41, 5.74) is 3.78. The standard InChI is InChI=1S/C20H22N6O2/c1-11-19(12(2)28-25-11)17-8-16(23-14(4)24-17)18-6-5-7-26(18)20(27)15-9-21-13(3)22-10-15/h8-10,18H,5-7H2,1-4H3. The molecule has 0 radical (unpaired) electrons. The Balaban J connectivity index is 1.70. The molecule has 1 atom stereocenters. The Morgan fingerprint density at radius 2 is 1.86 bits per heavy atom. The van der Waals surface area contributed by atoms with Gasteiger partial charge in [0.25, 0.3) is 5.91 Å². The average Bonchev–Trinajstić information content (AvgIpc) is 3.28. The maximum Gasteiger partial charge on any atom is 0.257 e. The molecule has 1 aliphatic rings. The van der Waals surface area contributed by atoms with E-state index < -0.39 is 0 Å². The molecule has 1 aliphatic heterocycles. The monoisotopic (exact) mass is 378 g/mol. The lowest BCUT2D eigenvalue weighted by Crippen LogP contribution is -2.31. The van der Waals surface area contributed by atoms with Gasteiger partial charge < -0.3 is 9.42 Å². The van der Waals surface area contributed by atoms with E-state index in [0.717, 1.165) is 41.2 Å². The van der Waals surface area contributed by atoms with Crippen LogP contribution < -0.4 is 0 Å². The van der Waals surface area contributed by atoms with Gasteiger partial charge in [0, 0.05) is 18.9 Å².